The van der Waals surface area contributed by atoms with Crippen molar-refractivity contribution in [3.05, 3.63) is 48.0 Å². The number of nitrogens with one attached hydrogen (secondary N) is 1. The summed E-state index contributed by atoms with van der Waals surface area (Å²) in [5, 5.41) is 2.87. The van der Waals surface area contributed by atoms with E-state index in [1.807, 2.05) is 24.3 Å². The number of fused-ring (bicyclic) bond motifs is 1. The monoisotopic (exact) mass is 382 g/mol. The first-order valence-electron chi connectivity index (χ1n) is 9.24. The van der Waals surface area contributed by atoms with Crippen LogP contribution >= 0.6 is 0 Å². The van der Waals surface area contributed by atoms with Crippen LogP contribution in [0.2, 0.25) is 0 Å². The molecule has 0 spiro atoms. The van der Waals surface area contributed by atoms with Gasteiger partial charge in [0.1, 0.15) is 5.75 Å². The second kappa shape index (κ2) is 7.80. The number of nitrogens with zero attached hydrogens (tertiary/aromatic N) is 1. The van der Waals surface area contributed by atoms with Gasteiger partial charge in [0.2, 0.25) is 18.6 Å². The van der Waals surface area contributed by atoms with Crippen molar-refractivity contribution in [2.45, 2.75) is 12.8 Å². The number of hydrogen-bond acceptors (Lipinski definition) is 5. The van der Waals surface area contributed by atoms with Crippen LogP contribution in [0.4, 0.5) is 5.69 Å². The number of hydrogen-bond donors (Lipinski definition) is 1. The molecule has 28 heavy (non-hydrogen) atoms. The molecule has 1 N–H and O–H groups in total. The van der Waals surface area contributed by atoms with E-state index in [1.165, 1.54) is 0 Å². The van der Waals surface area contributed by atoms with Crippen molar-refractivity contribution in [3.8, 4) is 17.2 Å². The third kappa shape index (κ3) is 3.74. The van der Waals surface area contributed by atoms with Crippen LogP contribution in [-0.4, -0.2) is 43.7 Å². The molecule has 2 aliphatic rings. The molecule has 1 atom stereocenters. The van der Waals surface area contributed by atoms with E-state index < -0.39 is 0 Å². The topological polar surface area (TPSA) is 77.1 Å². The molecule has 1 fully saturated rings. The zero-order valence-corrected chi connectivity index (χ0v) is 15.6. The molecule has 1 saturated heterocycles. The summed E-state index contributed by atoms with van der Waals surface area (Å²) in [5.74, 6) is 1.56. The van der Waals surface area contributed by atoms with Gasteiger partial charge in [0.25, 0.3) is 0 Å². The predicted octanol–water partition coefficient (Wildman–Crippen LogP) is 2.45. The third-order valence-electron chi connectivity index (χ3n) is 5.07. The molecule has 2 amide bonds. The molecular weight excluding hydrogens is 360 g/mol. The van der Waals surface area contributed by atoms with Crippen LogP contribution in [0.3, 0.4) is 0 Å². The van der Waals surface area contributed by atoms with E-state index >= 15 is 0 Å². The number of likely N-dealkylation sites (tertiary alicyclic amines) is 1. The van der Waals surface area contributed by atoms with E-state index in [-0.39, 0.29) is 30.9 Å². The molecule has 0 bridgehead atoms. The van der Waals surface area contributed by atoms with Crippen molar-refractivity contribution >= 4 is 17.5 Å². The van der Waals surface area contributed by atoms with E-state index in [2.05, 4.69) is 5.32 Å². The van der Waals surface area contributed by atoms with Crippen molar-refractivity contribution < 1.29 is 23.8 Å². The molecule has 2 heterocycles. The lowest BCUT2D eigenvalue weighted by atomic mass is 10.1. The van der Waals surface area contributed by atoms with Crippen molar-refractivity contribution in [3.63, 3.8) is 0 Å². The first kappa shape index (κ1) is 18.2. The average molecular weight is 382 g/mol. The van der Waals surface area contributed by atoms with E-state index in [1.54, 1.807) is 30.2 Å². The number of ether oxygens (including phenoxy) is 3. The zero-order chi connectivity index (χ0) is 19.5. The first-order valence-corrected chi connectivity index (χ1v) is 9.24. The molecule has 2 aromatic carbocycles. The molecule has 0 aliphatic carbocycles. The van der Waals surface area contributed by atoms with Gasteiger partial charge in [-0.25, -0.2) is 0 Å². The maximum absolute atomic E-state index is 12.6. The van der Waals surface area contributed by atoms with Crippen LogP contribution in [0.25, 0.3) is 0 Å². The van der Waals surface area contributed by atoms with Crippen molar-refractivity contribution in [2.24, 2.45) is 5.92 Å². The average Bonchev–Trinajstić information content (AvgIpc) is 3.32. The SMILES string of the molecule is COc1ccccc1CCN1CC(C(=O)Nc2ccc3c(c2)OCO3)CC1=O. The highest BCUT2D eigenvalue weighted by Gasteiger charge is 2.34. The van der Waals surface area contributed by atoms with Crippen LogP contribution in [0.15, 0.2) is 42.5 Å². The molecule has 2 aliphatic heterocycles. The zero-order valence-electron chi connectivity index (χ0n) is 15.6. The smallest absolute Gasteiger partial charge is 0.231 e. The van der Waals surface area contributed by atoms with Crippen LogP contribution in [0.1, 0.15) is 12.0 Å². The fraction of sp³-hybridized carbons (Fsp3) is 0.333. The molecule has 7 heteroatoms. The number of methoxy groups -OCH3 is 1. The highest BCUT2D eigenvalue weighted by atomic mass is 16.7. The maximum Gasteiger partial charge on any atom is 0.231 e. The summed E-state index contributed by atoms with van der Waals surface area (Å²) < 4.78 is 16.0. The Morgan fingerprint density at radius 1 is 1.21 bits per heavy atom. The molecule has 0 radical (unpaired) electrons. The largest absolute Gasteiger partial charge is 0.496 e. The Balaban J connectivity index is 1.34. The summed E-state index contributed by atoms with van der Waals surface area (Å²) in [6.07, 6.45) is 0.911. The second-order valence-corrected chi connectivity index (χ2v) is 6.86. The van der Waals surface area contributed by atoms with Gasteiger partial charge in [0.05, 0.1) is 13.0 Å². The maximum atomic E-state index is 12.6. The van der Waals surface area contributed by atoms with Gasteiger partial charge < -0.3 is 24.4 Å². The van der Waals surface area contributed by atoms with Gasteiger partial charge >= 0.3 is 0 Å². The molecule has 0 saturated carbocycles. The lowest BCUT2D eigenvalue weighted by Crippen LogP contribution is -2.30. The summed E-state index contributed by atoms with van der Waals surface area (Å²) >= 11 is 0. The van der Waals surface area contributed by atoms with Crippen molar-refractivity contribution in [2.75, 3.05) is 32.3 Å². The van der Waals surface area contributed by atoms with Gasteiger partial charge in [-0.3, -0.25) is 9.59 Å². The summed E-state index contributed by atoms with van der Waals surface area (Å²) in [6, 6.07) is 13.0. The summed E-state index contributed by atoms with van der Waals surface area (Å²) in [6.45, 7) is 1.17. The molecular formula is C21H22N2O5. The number of rotatable bonds is 6. The Morgan fingerprint density at radius 2 is 2.04 bits per heavy atom. The molecule has 2 aromatic rings. The van der Waals surface area contributed by atoms with Gasteiger partial charge in [0.15, 0.2) is 11.5 Å². The molecule has 7 nitrogen and oxygen atoms in total. The number of carbonyl (C=O) groups excluding carboxylic acids is 2. The van der Waals surface area contributed by atoms with Gasteiger partial charge in [-0.1, -0.05) is 18.2 Å². The predicted molar refractivity (Wildman–Crippen MR) is 103 cm³/mol. The van der Waals surface area contributed by atoms with Crippen molar-refractivity contribution in [1.82, 2.24) is 4.90 Å². The van der Waals surface area contributed by atoms with Crippen LogP contribution in [0.5, 0.6) is 17.2 Å². The van der Waals surface area contributed by atoms with Crippen LogP contribution in [0, 0.1) is 5.92 Å². The van der Waals surface area contributed by atoms with Crippen molar-refractivity contribution in [1.29, 1.82) is 0 Å². The number of carbonyl (C=O) groups is 2. The van der Waals surface area contributed by atoms with E-state index in [9.17, 15) is 9.59 Å². The van der Waals surface area contributed by atoms with Gasteiger partial charge in [-0.05, 0) is 30.2 Å². The fourth-order valence-corrected chi connectivity index (χ4v) is 3.55. The van der Waals surface area contributed by atoms with E-state index in [0.717, 1.165) is 11.3 Å². The second-order valence-electron chi connectivity index (χ2n) is 6.86. The third-order valence-corrected chi connectivity index (χ3v) is 5.07. The lowest BCUT2D eigenvalue weighted by molar-refractivity contribution is -0.128. The Bertz CT molecular complexity index is 898. The highest BCUT2D eigenvalue weighted by molar-refractivity contribution is 5.97. The van der Waals surface area contributed by atoms with Gasteiger partial charge in [-0.2, -0.15) is 0 Å². The Kier molecular flexibility index (Phi) is 5.06. The number of benzene rings is 2. The molecule has 0 aromatic heterocycles. The Morgan fingerprint density at radius 3 is 2.89 bits per heavy atom. The van der Waals surface area contributed by atoms with Crippen LogP contribution < -0.4 is 19.5 Å². The fourth-order valence-electron chi connectivity index (χ4n) is 3.55. The number of amides is 2. The summed E-state index contributed by atoms with van der Waals surface area (Å²) in [4.78, 5) is 26.7. The van der Waals surface area contributed by atoms with E-state index in [4.69, 9.17) is 14.2 Å². The number of para-hydroxylation sites is 1. The van der Waals surface area contributed by atoms with E-state index in [0.29, 0.717) is 36.7 Å². The standard InChI is InChI=1S/C21H22N2O5/c1-26-17-5-3-2-4-14(17)8-9-23-12-15(10-20(23)24)21(25)22-16-6-7-18-19(11-16)28-13-27-18/h2-7,11,15H,8-10,12-13H2,1H3,(H,22,25). The minimum Gasteiger partial charge on any atom is -0.496 e. The molecule has 1 unspecified atom stereocenters. The molecule has 4 rings (SSSR count). The van der Waals surface area contributed by atoms with Gasteiger partial charge in [-0.15, -0.1) is 0 Å². The van der Waals surface area contributed by atoms with Crippen LogP contribution in [-0.2, 0) is 16.0 Å². The lowest BCUT2D eigenvalue weighted by Gasteiger charge is -2.17. The summed E-state index contributed by atoms with van der Waals surface area (Å²) in [7, 11) is 1.64. The number of anilines is 1. The summed E-state index contributed by atoms with van der Waals surface area (Å²) in [5.41, 5.74) is 1.68. The molecule has 146 valence electrons. The normalized spacial score (nSPS) is 17.7. The minimum absolute atomic E-state index is 0.000680. The Labute approximate surface area is 163 Å². The first-order chi connectivity index (χ1) is 13.6. The highest BCUT2D eigenvalue weighted by Crippen LogP contribution is 2.34. The quantitative estimate of drug-likeness (QED) is 0.831. The minimum atomic E-state index is -0.365. The Hall–Kier alpha value is -3.22. The van der Waals surface area contributed by atoms with Gasteiger partial charge in [0, 0.05) is 31.3 Å².